The first kappa shape index (κ1) is 31.1. The SMILES string of the molecule is CC1(C)c2c(cccc2-c2ccc(-c3nc(-c4ccccc4)cc(-c4cccc5c4sc4ccccc45)n3)c3ccccc23)-c2ccc3ccccc3c21. The summed E-state index contributed by atoms with van der Waals surface area (Å²) in [7, 11) is 0. The molecule has 0 N–H and O–H groups in total. The van der Waals surface area contributed by atoms with Crippen LogP contribution in [0.5, 0.6) is 0 Å². The smallest absolute Gasteiger partial charge is 0.161 e. The minimum absolute atomic E-state index is 0.183. The number of hydrogen-bond donors (Lipinski definition) is 0. The van der Waals surface area contributed by atoms with Crippen molar-refractivity contribution >= 4 is 53.1 Å². The Hall–Kier alpha value is -6.42. The first-order valence-electron chi connectivity index (χ1n) is 18.6. The van der Waals surface area contributed by atoms with Gasteiger partial charge in [0.15, 0.2) is 5.82 Å². The number of rotatable bonds is 4. The van der Waals surface area contributed by atoms with Gasteiger partial charge in [0.1, 0.15) is 0 Å². The fourth-order valence-electron chi connectivity index (χ4n) is 9.11. The Bertz CT molecular complexity index is 3130. The molecule has 0 unspecified atom stereocenters. The van der Waals surface area contributed by atoms with E-state index in [2.05, 4.69) is 184 Å². The predicted molar refractivity (Wildman–Crippen MR) is 229 cm³/mol. The molecule has 1 aliphatic rings. The van der Waals surface area contributed by atoms with Crippen molar-refractivity contribution in [2.24, 2.45) is 0 Å². The molecule has 11 rings (SSSR count). The third-order valence-corrected chi connectivity index (χ3v) is 12.7. The van der Waals surface area contributed by atoms with Crippen molar-refractivity contribution in [2.75, 3.05) is 0 Å². The number of nitrogens with zero attached hydrogens (tertiary/aromatic N) is 2. The zero-order chi connectivity index (χ0) is 36.0. The molecule has 0 aliphatic heterocycles. The van der Waals surface area contributed by atoms with Crippen LogP contribution in [0.2, 0.25) is 0 Å². The molecule has 2 heterocycles. The topological polar surface area (TPSA) is 25.8 Å². The quantitative estimate of drug-likeness (QED) is 0.182. The Morgan fingerprint density at radius 3 is 1.81 bits per heavy atom. The number of thiophene rings is 1. The van der Waals surface area contributed by atoms with E-state index in [0.29, 0.717) is 0 Å². The summed E-state index contributed by atoms with van der Waals surface area (Å²) in [6.07, 6.45) is 0. The molecule has 0 saturated heterocycles. The van der Waals surface area contributed by atoms with Crippen molar-refractivity contribution in [3.8, 4) is 56.2 Å². The van der Waals surface area contributed by atoms with Crippen LogP contribution in [0.3, 0.4) is 0 Å². The van der Waals surface area contributed by atoms with Gasteiger partial charge < -0.3 is 0 Å². The van der Waals surface area contributed by atoms with Gasteiger partial charge >= 0.3 is 0 Å². The molecule has 254 valence electrons. The van der Waals surface area contributed by atoms with Gasteiger partial charge in [-0.15, -0.1) is 11.3 Å². The summed E-state index contributed by atoms with van der Waals surface area (Å²) < 4.78 is 2.53. The van der Waals surface area contributed by atoms with Gasteiger partial charge in [0.05, 0.1) is 11.4 Å². The fourth-order valence-corrected chi connectivity index (χ4v) is 10.3. The highest BCUT2D eigenvalue weighted by Crippen LogP contribution is 2.55. The van der Waals surface area contributed by atoms with Gasteiger partial charge in [-0.05, 0) is 73.1 Å². The lowest BCUT2D eigenvalue weighted by Gasteiger charge is -2.26. The maximum atomic E-state index is 5.40. The normalized spacial score (nSPS) is 13.1. The Labute approximate surface area is 318 Å². The summed E-state index contributed by atoms with van der Waals surface area (Å²) in [5.74, 6) is 0.727. The molecule has 0 amide bonds. The maximum Gasteiger partial charge on any atom is 0.161 e. The van der Waals surface area contributed by atoms with Gasteiger partial charge in [-0.3, -0.25) is 0 Å². The molecular weight excluding hydrogens is 673 g/mol. The van der Waals surface area contributed by atoms with Gasteiger partial charge in [-0.1, -0.05) is 166 Å². The van der Waals surface area contributed by atoms with Crippen LogP contribution in [0.25, 0.3) is 97.9 Å². The van der Waals surface area contributed by atoms with Crippen LogP contribution in [0, 0.1) is 0 Å². The molecule has 2 aromatic heterocycles. The lowest BCUT2D eigenvalue weighted by molar-refractivity contribution is 0.668. The van der Waals surface area contributed by atoms with Crippen LogP contribution in [0.15, 0.2) is 170 Å². The highest BCUT2D eigenvalue weighted by Gasteiger charge is 2.39. The van der Waals surface area contributed by atoms with E-state index >= 15 is 0 Å². The van der Waals surface area contributed by atoms with Crippen LogP contribution in [-0.4, -0.2) is 9.97 Å². The van der Waals surface area contributed by atoms with Gasteiger partial charge in [0.25, 0.3) is 0 Å². The highest BCUT2D eigenvalue weighted by molar-refractivity contribution is 7.26. The molecule has 3 heteroatoms. The van der Waals surface area contributed by atoms with Crippen LogP contribution in [0.1, 0.15) is 25.0 Å². The van der Waals surface area contributed by atoms with Crippen LogP contribution < -0.4 is 0 Å². The van der Waals surface area contributed by atoms with Gasteiger partial charge in [-0.2, -0.15) is 0 Å². The molecule has 0 atom stereocenters. The summed E-state index contributed by atoms with van der Waals surface area (Å²) >= 11 is 1.83. The average Bonchev–Trinajstić information content (AvgIpc) is 3.73. The molecule has 0 saturated carbocycles. The zero-order valence-electron chi connectivity index (χ0n) is 30.0. The van der Waals surface area contributed by atoms with Crippen molar-refractivity contribution in [3.63, 3.8) is 0 Å². The van der Waals surface area contributed by atoms with Gasteiger partial charge in [0, 0.05) is 42.3 Å². The molecular formula is C51H34N2S. The fraction of sp³-hybridized carbons (Fsp3) is 0.0588. The second-order valence-corrected chi connectivity index (χ2v) is 15.9. The van der Waals surface area contributed by atoms with E-state index in [1.54, 1.807) is 0 Å². The molecule has 10 aromatic rings. The monoisotopic (exact) mass is 706 g/mol. The Balaban J connectivity index is 1.13. The molecule has 8 aromatic carbocycles. The van der Waals surface area contributed by atoms with Crippen LogP contribution in [-0.2, 0) is 5.41 Å². The Kier molecular flexibility index (Phi) is 6.80. The highest BCUT2D eigenvalue weighted by atomic mass is 32.1. The number of hydrogen-bond acceptors (Lipinski definition) is 3. The molecule has 2 nitrogen and oxygen atoms in total. The molecule has 0 radical (unpaired) electrons. The molecule has 0 fully saturated rings. The largest absolute Gasteiger partial charge is 0.228 e. The zero-order valence-corrected chi connectivity index (χ0v) is 30.8. The van der Waals surface area contributed by atoms with E-state index < -0.39 is 0 Å². The minimum atomic E-state index is -0.183. The van der Waals surface area contributed by atoms with E-state index in [9.17, 15) is 0 Å². The lowest BCUT2D eigenvalue weighted by atomic mass is 9.77. The van der Waals surface area contributed by atoms with Gasteiger partial charge in [0.2, 0.25) is 0 Å². The average molecular weight is 707 g/mol. The molecule has 54 heavy (non-hydrogen) atoms. The van der Waals surface area contributed by atoms with Crippen LogP contribution in [0.4, 0.5) is 0 Å². The van der Waals surface area contributed by atoms with Crippen LogP contribution >= 0.6 is 11.3 Å². The number of benzene rings is 8. The van der Waals surface area contributed by atoms with E-state index in [-0.39, 0.29) is 5.41 Å². The predicted octanol–water partition coefficient (Wildman–Crippen LogP) is 14.1. The number of aromatic nitrogens is 2. The first-order valence-corrected chi connectivity index (χ1v) is 19.4. The second kappa shape index (κ2) is 11.8. The van der Waals surface area contributed by atoms with Crippen molar-refractivity contribution in [1.29, 1.82) is 0 Å². The Morgan fingerprint density at radius 2 is 0.981 bits per heavy atom. The lowest BCUT2D eigenvalue weighted by Crippen LogP contribution is -2.17. The van der Waals surface area contributed by atoms with Crippen molar-refractivity contribution < 1.29 is 0 Å². The summed E-state index contributed by atoms with van der Waals surface area (Å²) in [5, 5.41) is 7.50. The standard InChI is InChI=1S/C51H34N2S/c1-51(2)47-33-17-7-6-14-31(33)26-27-40(47)39-22-12-21-38(48(39)51)36-28-29-42(35-19-9-8-18-34(35)36)50-52-44(32-15-4-3-5-16-32)30-45(53-50)43-24-13-23-41-37-20-10-11-25-46(37)54-49(41)43/h3-30H,1-2H3. The van der Waals surface area contributed by atoms with E-state index in [0.717, 1.165) is 39.3 Å². The number of fused-ring (bicyclic) bond motifs is 9. The summed E-state index contributed by atoms with van der Waals surface area (Å²) in [5.41, 5.74) is 12.8. The van der Waals surface area contributed by atoms with E-state index in [1.807, 2.05) is 11.3 Å². The third-order valence-electron chi connectivity index (χ3n) is 11.5. The summed E-state index contributed by atoms with van der Waals surface area (Å²) in [6.45, 7) is 4.79. The summed E-state index contributed by atoms with van der Waals surface area (Å²) in [4.78, 5) is 10.7. The Morgan fingerprint density at radius 1 is 0.407 bits per heavy atom. The van der Waals surface area contributed by atoms with E-state index in [4.69, 9.17) is 9.97 Å². The maximum absolute atomic E-state index is 5.40. The second-order valence-electron chi connectivity index (χ2n) is 14.9. The molecule has 0 bridgehead atoms. The summed E-state index contributed by atoms with van der Waals surface area (Å²) in [6, 6.07) is 61.5. The molecule has 1 aliphatic carbocycles. The van der Waals surface area contributed by atoms with Crippen molar-refractivity contribution in [2.45, 2.75) is 19.3 Å². The molecule has 0 spiro atoms. The van der Waals surface area contributed by atoms with Crippen molar-refractivity contribution in [1.82, 2.24) is 9.97 Å². The van der Waals surface area contributed by atoms with E-state index in [1.165, 1.54) is 69.7 Å². The minimum Gasteiger partial charge on any atom is -0.228 e. The van der Waals surface area contributed by atoms with Crippen molar-refractivity contribution in [3.05, 3.63) is 181 Å². The first-order chi connectivity index (χ1) is 26.5. The van der Waals surface area contributed by atoms with Gasteiger partial charge in [-0.25, -0.2) is 9.97 Å². The third kappa shape index (κ3) is 4.58.